The van der Waals surface area contributed by atoms with E-state index in [1.165, 1.54) is 18.4 Å². The summed E-state index contributed by atoms with van der Waals surface area (Å²) in [6, 6.07) is 4.34. The molecule has 1 aromatic carbocycles. The topological polar surface area (TPSA) is 35.3 Å². The number of hydrogen-bond donors (Lipinski definition) is 0. The summed E-state index contributed by atoms with van der Waals surface area (Å²) >= 11 is 8.75. The van der Waals surface area contributed by atoms with E-state index in [-0.39, 0.29) is 17.7 Å². The number of hydrogen-bond acceptors (Lipinski definition) is 3. The summed E-state index contributed by atoms with van der Waals surface area (Å²) in [5, 5.41) is 0. The van der Waals surface area contributed by atoms with Gasteiger partial charge in [-0.05, 0) is 18.2 Å². The van der Waals surface area contributed by atoms with Crippen LogP contribution in [0.5, 0.6) is 11.8 Å². The van der Waals surface area contributed by atoms with Gasteiger partial charge in [-0.25, -0.2) is 4.39 Å². The van der Waals surface area contributed by atoms with Crippen LogP contribution in [-0.2, 0) is 5.88 Å². The molecule has 0 spiro atoms. The summed E-state index contributed by atoms with van der Waals surface area (Å²) in [4.78, 5) is 3.89. The smallest absolute Gasteiger partial charge is 0.399 e. The second-order valence-corrected chi connectivity index (χ2v) is 4.10. The SMILES string of the molecule is Fc1ccc(Br)cc1Oc1nc(CCl)co1. The zero-order chi connectivity index (χ0) is 11.5. The Morgan fingerprint density at radius 2 is 2.31 bits per heavy atom. The lowest BCUT2D eigenvalue weighted by Crippen LogP contribution is -1.88. The van der Waals surface area contributed by atoms with Crippen molar-refractivity contribution >= 4 is 27.5 Å². The number of ether oxygens (including phenoxy) is 1. The Morgan fingerprint density at radius 3 is 3.00 bits per heavy atom. The third-order valence-corrected chi connectivity index (χ3v) is 2.53. The molecular weight excluding hydrogens is 300 g/mol. The van der Waals surface area contributed by atoms with Crippen molar-refractivity contribution in [3.05, 3.63) is 40.4 Å². The number of nitrogens with zero attached hydrogens (tertiary/aromatic N) is 1. The first-order valence-electron chi connectivity index (χ1n) is 4.32. The van der Waals surface area contributed by atoms with Crippen molar-refractivity contribution in [1.29, 1.82) is 0 Å². The number of aromatic nitrogens is 1. The highest BCUT2D eigenvalue weighted by molar-refractivity contribution is 9.10. The van der Waals surface area contributed by atoms with Gasteiger partial charge in [0.05, 0.1) is 11.6 Å². The molecule has 0 atom stereocenters. The van der Waals surface area contributed by atoms with Gasteiger partial charge in [0.15, 0.2) is 11.6 Å². The predicted octanol–water partition coefficient (Wildman–Crippen LogP) is 4.11. The van der Waals surface area contributed by atoms with Crippen LogP contribution in [0.15, 0.2) is 33.4 Å². The molecule has 1 heterocycles. The summed E-state index contributed by atoms with van der Waals surface area (Å²) in [6.45, 7) is 0. The fourth-order valence-corrected chi connectivity index (χ4v) is 1.51. The van der Waals surface area contributed by atoms with Crippen LogP contribution < -0.4 is 4.74 Å². The minimum atomic E-state index is -0.492. The van der Waals surface area contributed by atoms with Crippen LogP contribution >= 0.6 is 27.5 Å². The van der Waals surface area contributed by atoms with Crippen molar-refractivity contribution in [2.45, 2.75) is 5.88 Å². The Morgan fingerprint density at radius 1 is 1.50 bits per heavy atom. The number of halogens is 3. The van der Waals surface area contributed by atoms with Crippen molar-refractivity contribution in [2.24, 2.45) is 0 Å². The number of rotatable bonds is 3. The van der Waals surface area contributed by atoms with Crippen LogP contribution in [0.2, 0.25) is 0 Å². The quantitative estimate of drug-likeness (QED) is 0.801. The molecule has 1 aromatic heterocycles. The predicted molar refractivity (Wildman–Crippen MR) is 60.2 cm³/mol. The van der Waals surface area contributed by atoms with E-state index in [0.29, 0.717) is 10.2 Å². The maximum atomic E-state index is 13.3. The zero-order valence-corrected chi connectivity index (χ0v) is 10.3. The van der Waals surface area contributed by atoms with Gasteiger partial charge in [-0.1, -0.05) is 15.9 Å². The molecule has 0 bridgehead atoms. The van der Waals surface area contributed by atoms with Crippen LogP contribution in [-0.4, -0.2) is 4.98 Å². The Bertz CT molecular complexity index is 503. The van der Waals surface area contributed by atoms with E-state index >= 15 is 0 Å². The fraction of sp³-hybridized carbons (Fsp3) is 0.100. The van der Waals surface area contributed by atoms with Crippen LogP contribution in [0.1, 0.15) is 5.69 Å². The molecule has 0 aliphatic carbocycles. The van der Waals surface area contributed by atoms with Gasteiger partial charge in [0, 0.05) is 4.47 Å². The van der Waals surface area contributed by atoms with Gasteiger partial charge in [-0.3, -0.25) is 0 Å². The second kappa shape index (κ2) is 4.84. The van der Waals surface area contributed by atoms with Gasteiger partial charge in [0.2, 0.25) is 0 Å². The highest BCUT2D eigenvalue weighted by atomic mass is 79.9. The Balaban J connectivity index is 2.22. The van der Waals surface area contributed by atoms with Crippen LogP contribution in [0, 0.1) is 5.82 Å². The minimum Gasteiger partial charge on any atom is -0.417 e. The number of benzene rings is 1. The third kappa shape index (κ3) is 2.54. The maximum absolute atomic E-state index is 13.3. The monoisotopic (exact) mass is 305 g/mol. The third-order valence-electron chi connectivity index (χ3n) is 1.76. The minimum absolute atomic E-state index is 0.0346. The van der Waals surface area contributed by atoms with Crippen molar-refractivity contribution in [2.75, 3.05) is 0 Å². The van der Waals surface area contributed by atoms with Gasteiger partial charge < -0.3 is 9.15 Å². The largest absolute Gasteiger partial charge is 0.417 e. The summed E-state index contributed by atoms with van der Waals surface area (Å²) < 4.78 is 24.1. The highest BCUT2D eigenvalue weighted by Gasteiger charge is 2.09. The normalized spacial score (nSPS) is 10.4. The van der Waals surface area contributed by atoms with Gasteiger partial charge >= 0.3 is 6.08 Å². The standard InChI is InChI=1S/C10H6BrClFNO2/c11-6-1-2-8(13)9(3-6)16-10-14-7(4-12)5-15-10/h1-3,5H,4H2. The van der Waals surface area contributed by atoms with Crippen molar-refractivity contribution < 1.29 is 13.5 Å². The zero-order valence-electron chi connectivity index (χ0n) is 7.91. The summed E-state index contributed by atoms with van der Waals surface area (Å²) in [6.07, 6.45) is 1.32. The average Bonchev–Trinajstić information content (AvgIpc) is 2.71. The van der Waals surface area contributed by atoms with E-state index < -0.39 is 5.82 Å². The molecule has 0 radical (unpaired) electrons. The van der Waals surface area contributed by atoms with E-state index in [4.69, 9.17) is 20.8 Å². The molecule has 0 amide bonds. The van der Waals surface area contributed by atoms with Gasteiger partial charge in [-0.2, -0.15) is 4.98 Å². The molecule has 0 fully saturated rings. The molecule has 0 saturated heterocycles. The average molecular weight is 307 g/mol. The van der Waals surface area contributed by atoms with Gasteiger partial charge in [0.25, 0.3) is 0 Å². The van der Waals surface area contributed by atoms with Crippen molar-refractivity contribution in [3.63, 3.8) is 0 Å². The van der Waals surface area contributed by atoms with Crippen LogP contribution in [0.4, 0.5) is 4.39 Å². The van der Waals surface area contributed by atoms with E-state index in [0.717, 1.165) is 0 Å². The van der Waals surface area contributed by atoms with E-state index in [9.17, 15) is 4.39 Å². The molecule has 84 valence electrons. The first-order chi connectivity index (χ1) is 7.69. The molecule has 16 heavy (non-hydrogen) atoms. The molecule has 6 heteroatoms. The lowest BCUT2D eigenvalue weighted by Gasteiger charge is -2.02. The molecule has 2 rings (SSSR count). The molecule has 0 unspecified atom stereocenters. The molecule has 3 nitrogen and oxygen atoms in total. The first-order valence-corrected chi connectivity index (χ1v) is 5.65. The second-order valence-electron chi connectivity index (χ2n) is 2.92. The molecule has 0 saturated carbocycles. The van der Waals surface area contributed by atoms with Crippen molar-refractivity contribution in [1.82, 2.24) is 4.98 Å². The van der Waals surface area contributed by atoms with E-state index in [1.54, 1.807) is 6.07 Å². The molecule has 0 aliphatic rings. The molecule has 0 N–H and O–H groups in total. The summed E-state index contributed by atoms with van der Waals surface area (Å²) in [7, 11) is 0. The van der Waals surface area contributed by atoms with Crippen LogP contribution in [0.3, 0.4) is 0 Å². The molecular formula is C10H6BrClFNO2. The van der Waals surface area contributed by atoms with Gasteiger partial charge in [-0.15, -0.1) is 11.6 Å². The first kappa shape index (κ1) is 11.4. The van der Waals surface area contributed by atoms with E-state index in [2.05, 4.69) is 20.9 Å². The van der Waals surface area contributed by atoms with Crippen LogP contribution in [0.25, 0.3) is 0 Å². The number of oxazole rings is 1. The Kier molecular flexibility index (Phi) is 3.46. The lowest BCUT2D eigenvalue weighted by molar-refractivity contribution is 0.318. The fourth-order valence-electron chi connectivity index (χ4n) is 1.05. The Hall–Kier alpha value is -1.07. The molecule has 2 aromatic rings. The van der Waals surface area contributed by atoms with Gasteiger partial charge in [0.1, 0.15) is 6.26 Å². The summed E-state index contributed by atoms with van der Waals surface area (Å²) in [5.74, 6) is -0.237. The Labute approximate surface area is 104 Å². The maximum Gasteiger partial charge on any atom is 0.399 e. The van der Waals surface area contributed by atoms with Crippen molar-refractivity contribution in [3.8, 4) is 11.8 Å². The highest BCUT2D eigenvalue weighted by Crippen LogP contribution is 2.27. The number of alkyl halides is 1. The van der Waals surface area contributed by atoms with E-state index in [1.807, 2.05) is 0 Å². The molecule has 0 aliphatic heterocycles. The lowest BCUT2D eigenvalue weighted by atomic mass is 10.3. The summed E-state index contributed by atoms with van der Waals surface area (Å²) in [5.41, 5.74) is 0.534.